The molecule has 0 aliphatic carbocycles. The minimum atomic E-state index is -3.69. The lowest BCUT2D eigenvalue weighted by atomic mass is 9.98. The summed E-state index contributed by atoms with van der Waals surface area (Å²) in [7, 11) is -3.69. The van der Waals surface area contributed by atoms with E-state index in [1.165, 1.54) is 9.87 Å². The Morgan fingerprint density at radius 1 is 1.21 bits per heavy atom. The summed E-state index contributed by atoms with van der Waals surface area (Å²) in [5.41, 5.74) is 2.14. The maximum Gasteiger partial charge on any atom is 0.262 e. The van der Waals surface area contributed by atoms with E-state index in [4.69, 9.17) is 0 Å². The topological polar surface area (TPSA) is 75.5 Å². The first-order valence-corrected chi connectivity index (χ1v) is 11.2. The minimum absolute atomic E-state index is 0.0255. The van der Waals surface area contributed by atoms with Crippen LogP contribution in [-0.4, -0.2) is 47.8 Å². The highest BCUT2D eigenvalue weighted by atomic mass is 32.2. The van der Waals surface area contributed by atoms with Crippen LogP contribution in [-0.2, 0) is 21.2 Å². The van der Waals surface area contributed by atoms with Gasteiger partial charge in [-0.25, -0.2) is 13.4 Å². The first-order chi connectivity index (χ1) is 13.4. The van der Waals surface area contributed by atoms with Gasteiger partial charge >= 0.3 is 0 Å². The molecular formula is C20H26N4O3S. The number of piperidine rings is 1. The van der Waals surface area contributed by atoms with Gasteiger partial charge in [-0.1, -0.05) is 18.2 Å². The van der Waals surface area contributed by atoms with Gasteiger partial charge in [0.15, 0.2) is 5.03 Å². The molecule has 1 saturated heterocycles. The Kier molecular flexibility index (Phi) is 5.01. The molecule has 3 heterocycles. The Bertz CT molecular complexity index is 983. The van der Waals surface area contributed by atoms with Crippen molar-refractivity contribution in [1.82, 2.24) is 13.9 Å². The van der Waals surface area contributed by atoms with Crippen LogP contribution >= 0.6 is 0 Å². The number of benzene rings is 1. The van der Waals surface area contributed by atoms with Crippen molar-refractivity contribution in [2.75, 3.05) is 24.5 Å². The van der Waals surface area contributed by atoms with Gasteiger partial charge in [0.25, 0.3) is 10.0 Å². The summed E-state index contributed by atoms with van der Waals surface area (Å²) in [6, 6.07) is 8.08. The molecule has 1 aromatic carbocycles. The molecular weight excluding hydrogens is 376 g/mol. The summed E-state index contributed by atoms with van der Waals surface area (Å²) in [4.78, 5) is 19.1. The fraction of sp³-hybridized carbons (Fsp3) is 0.500. The predicted molar refractivity (Wildman–Crippen MR) is 107 cm³/mol. The molecule has 1 fully saturated rings. The fourth-order valence-electron chi connectivity index (χ4n) is 4.02. The van der Waals surface area contributed by atoms with Crippen LogP contribution in [0.1, 0.15) is 38.3 Å². The molecule has 0 unspecified atom stereocenters. The maximum absolute atomic E-state index is 13.2. The zero-order chi connectivity index (χ0) is 19.9. The Morgan fingerprint density at radius 2 is 2.00 bits per heavy atom. The molecule has 1 atom stereocenters. The third-order valence-corrected chi connectivity index (χ3v) is 7.42. The minimum Gasteiger partial charge on any atom is -0.334 e. The van der Waals surface area contributed by atoms with Crippen LogP contribution in [0.15, 0.2) is 41.8 Å². The van der Waals surface area contributed by atoms with Crippen molar-refractivity contribution in [2.24, 2.45) is 5.92 Å². The largest absolute Gasteiger partial charge is 0.334 e. The number of amides is 1. The van der Waals surface area contributed by atoms with Gasteiger partial charge in [-0.15, -0.1) is 0 Å². The third-order valence-electron chi connectivity index (χ3n) is 5.66. The van der Waals surface area contributed by atoms with Crippen LogP contribution in [0.2, 0.25) is 0 Å². The highest BCUT2D eigenvalue weighted by Crippen LogP contribution is 2.31. The van der Waals surface area contributed by atoms with E-state index in [0.29, 0.717) is 25.9 Å². The monoisotopic (exact) mass is 402 g/mol. The average molecular weight is 403 g/mol. The standard InChI is InChI=1S/C20H26N4O3S/c1-15(2)22-13-19(21-14-22)28(26,27)23-10-5-7-17(12-23)20(25)24-11-9-16-6-3-4-8-18(16)24/h3-4,6,8,13-15,17H,5,7,9-12H2,1-2H3/t17-/m0/s1. The zero-order valence-corrected chi connectivity index (χ0v) is 17.1. The van der Waals surface area contributed by atoms with Crippen LogP contribution in [0, 0.1) is 5.92 Å². The second-order valence-electron chi connectivity index (χ2n) is 7.82. The van der Waals surface area contributed by atoms with Crippen molar-refractivity contribution >= 4 is 21.6 Å². The second kappa shape index (κ2) is 7.33. The van der Waals surface area contributed by atoms with E-state index in [-0.39, 0.29) is 29.4 Å². The first-order valence-electron chi connectivity index (χ1n) is 9.81. The zero-order valence-electron chi connectivity index (χ0n) is 16.3. The lowest BCUT2D eigenvalue weighted by molar-refractivity contribution is -0.123. The van der Waals surface area contributed by atoms with Gasteiger partial charge in [0.05, 0.1) is 12.2 Å². The number of fused-ring (bicyclic) bond motifs is 1. The van der Waals surface area contributed by atoms with Crippen LogP contribution in [0.3, 0.4) is 0 Å². The summed E-state index contributed by atoms with van der Waals surface area (Å²) < 4.78 is 29.3. The number of carbonyl (C=O) groups excluding carboxylic acids is 1. The molecule has 8 heteroatoms. The molecule has 0 bridgehead atoms. The molecule has 1 aromatic heterocycles. The number of carbonyl (C=O) groups is 1. The van der Waals surface area contributed by atoms with E-state index in [9.17, 15) is 13.2 Å². The predicted octanol–water partition coefficient (Wildman–Crippen LogP) is 2.45. The number of aromatic nitrogens is 2. The molecule has 2 aliphatic rings. The SMILES string of the molecule is CC(C)n1cnc(S(=O)(=O)N2CCC[C@H](C(=O)N3CCc4ccccc43)C2)c1. The van der Waals surface area contributed by atoms with Crippen LogP contribution in [0.25, 0.3) is 0 Å². The highest BCUT2D eigenvalue weighted by molar-refractivity contribution is 7.89. The van der Waals surface area contributed by atoms with Crippen molar-refractivity contribution in [1.29, 1.82) is 0 Å². The third kappa shape index (κ3) is 3.35. The van der Waals surface area contributed by atoms with Crippen LogP contribution < -0.4 is 4.90 Å². The Labute approximate surface area is 166 Å². The van der Waals surface area contributed by atoms with Crippen LogP contribution in [0.5, 0.6) is 0 Å². The molecule has 0 N–H and O–H groups in total. The maximum atomic E-state index is 13.2. The second-order valence-corrected chi connectivity index (χ2v) is 9.71. The van der Waals surface area contributed by atoms with Crippen molar-refractivity contribution in [3.8, 4) is 0 Å². The fourth-order valence-corrected chi connectivity index (χ4v) is 5.46. The lowest BCUT2D eigenvalue weighted by Crippen LogP contribution is -2.46. The van der Waals surface area contributed by atoms with Crippen LogP contribution in [0.4, 0.5) is 5.69 Å². The number of anilines is 1. The number of sulfonamides is 1. The molecule has 7 nitrogen and oxygen atoms in total. The molecule has 4 rings (SSSR count). The average Bonchev–Trinajstić information content (AvgIpc) is 3.35. The number of hydrogen-bond acceptors (Lipinski definition) is 4. The smallest absolute Gasteiger partial charge is 0.262 e. The van der Waals surface area contributed by atoms with E-state index in [1.54, 1.807) is 17.1 Å². The Balaban J connectivity index is 1.52. The lowest BCUT2D eigenvalue weighted by Gasteiger charge is -2.33. The summed E-state index contributed by atoms with van der Waals surface area (Å²) >= 11 is 0. The van der Waals surface area contributed by atoms with Gasteiger partial charge < -0.3 is 9.47 Å². The van der Waals surface area contributed by atoms with Gasteiger partial charge in [-0.05, 0) is 44.7 Å². The van der Waals surface area contributed by atoms with E-state index < -0.39 is 10.0 Å². The van der Waals surface area contributed by atoms with Crippen molar-refractivity contribution in [3.63, 3.8) is 0 Å². The van der Waals surface area contributed by atoms with Gasteiger partial charge in [-0.2, -0.15) is 4.31 Å². The molecule has 150 valence electrons. The molecule has 0 radical (unpaired) electrons. The molecule has 28 heavy (non-hydrogen) atoms. The number of hydrogen-bond donors (Lipinski definition) is 0. The molecule has 0 saturated carbocycles. The van der Waals surface area contributed by atoms with E-state index in [0.717, 1.165) is 12.1 Å². The van der Waals surface area contributed by atoms with Gasteiger partial charge in [0, 0.05) is 37.6 Å². The summed E-state index contributed by atoms with van der Waals surface area (Å²) in [5, 5.41) is 0.0563. The van der Waals surface area contributed by atoms with E-state index in [2.05, 4.69) is 4.98 Å². The number of imidazole rings is 1. The Hall–Kier alpha value is -2.19. The van der Waals surface area contributed by atoms with Gasteiger partial charge in [0.2, 0.25) is 5.91 Å². The number of rotatable bonds is 4. The van der Waals surface area contributed by atoms with Gasteiger partial charge in [0.1, 0.15) is 0 Å². The number of nitrogens with zero attached hydrogens (tertiary/aromatic N) is 4. The number of para-hydroxylation sites is 1. The summed E-state index contributed by atoms with van der Waals surface area (Å²) in [6.45, 7) is 5.26. The first kappa shape index (κ1) is 19.1. The van der Waals surface area contributed by atoms with Gasteiger partial charge in [-0.3, -0.25) is 4.79 Å². The van der Waals surface area contributed by atoms with Crippen molar-refractivity contribution in [2.45, 2.75) is 44.2 Å². The Morgan fingerprint density at radius 3 is 2.75 bits per heavy atom. The molecule has 2 aliphatic heterocycles. The summed E-state index contributed by atoms with van der Waals surface area (Å²) in [6.07, 6.45) is 5.36. The highest BCUT2D eigenvalue weighted by Gasteiger charge is 2.37. The van der Waals surface area contributed by atoms with E-state index in [1.807, 2.05) is 43.0 Å². The van der Waals surface area contributed by atoms with Crippen molar-refractivity contribution < 1.29 is 13.2 Å². The normalized spacial score (nSPS) is 20.5. The summed E-state index contributed by atoms with van der Waals surface area (Å²) in [5.74, 6) is -0.292. The molecule has 2 aromatic rings. The molecule has 1 amide bonds. The quantitative estimate of drug-likeness (QED) is 0.787. The molecule has 0 spiro atoms. The van der Waals surface area contributed by atoms with E-state index >= 15 is 0 Å². The van der Waals surface area contributed by atoms with Crippen molar-refractivity contribution in [3.05, 3.63) is 42.4 Å².